The lowest BCUT2D eigenvalue weighted by molar-refractivity contribution is -0.384. The molecule has 0 aliphatic carbocycles. The van der Waals surface area contributed by atoms with Crippen LogP contribution < -0.4 is 10.9 Å². The molecule has 9 nitrogen and oxygen atoms in total. The van der Waals surface area contributed by atoms with Crippen molar-refractivity contribution in [3.8, 4) is 0 Å². The van der Waals surface area contributed by atoms with Crippen molar-refractivity contribution in [3.05, 3.63) is 75.3 Å². The average Bonchev–Trinajstić information content (AvgIpc) is 2.77. The molecular weight excluding hydrogens is 414 g/mol. The van der Waals surface area contributed by atoms with Crippen LogP contribution in [0.2, 0.25) is 0 Å². The average molecular weight is 432 g/mol. The maximum absolute atomic E-state index is 13.8. The van der Waals surface area contributed by atoms with Crippen LogP contribution in [0.4, 0.5) is 14.5 Å². The third-order valence-electron chi connectivity index (χ3n) is 4.93. The van der Waals surface area contributed by atoms with Crippen molar-refractivity contribution in [2.24, 2.45) is 5.92 Å². The predicted molar refractivity (Wildman–Crippen MR) is 104 cm³/mol. The largest absolute Gasteiger partial charge is 0.339 e. The molecule has 1 aliphatic rings. The number of rotatable bonds is 4. The number of nitrogens with zero attached hydrogens (tertiary/aromatic N) is 2. The molecular formula is C20H18F2N4O5. The summed E-state index contributed by atoms with van der Waals surface area (Å²) in [6, 6.07) is 7.76. The molecule has 0 spiro atoms. The van der Waals surface area contributed by atoms with Crippen LogP contribution >= 0.6 is 0 Å². The van der Waals surface area contributed by atoms with Gasteiger partial charge in [0.1, 0.15) is 11.6 Å². The van der Waals surface area contributed by atoms with Crippen LogP contribution in [-0.4, -0.2) is 40.6 Å². The minimum atomic E-state index is -0.950. The number of carbonyl (C=O) groups excluding carboxylic acids is 3. The van der Waals surface area contributed by atoms with Crippen molar-refractivity contribution in [1.82, 2.24) is 15.8 Å². The second kappa shape index (κ2) is 9.28. The minimum Gasteiger partial charge on any atom is -0.339 e. The molecule has 1 saturated heterocycles. The van der Waals surface area contributed by atoms with E-state index >= 15 is 0 Å². The van der Waals surface area contributed by atoms with Crippen LogP contribution in [0.25, 0.3) is 0 Å². The Kier molecular flexibility index (Phi) is 6.53. The molecule has 0 saturated carbocycles. The van der Waals surface area contributed by atoms with Crippen LogP contribution in [0.3, 0.4) is 0 Å². The zero-order chi connectivity index (χ0) is 22.5. The Bertz CT molecular complexity index is 1040. The third-order valence-corrected chi connectivity index (χ3v) is 4.93. The summed E-state index contributed by atoms with van der Waals surface area (Å²) in [5.41, 5.74) is 4.00. The predicted octanol–water partition coefficient (Wildman–Crippen LogP) is 2.19. The number of nitro benzene ring substituents is 1. The van der Waals surface area contributed by atoms with Crippen molar-refractivity contribution in [3.63, 3.8) is 0 Å². The van der Waals surface area contributed by atoms with Gasteiger partial charge in [0, 0.05) is 42.8 Å². The van der Waals surface area contributed by atoms with E-state index in [-0.39, 0.29) is 42.7 Å². The van der Waals surface area contributed by atoms with Crippen LogP contribution in [0.1, 0.15) is 33.6 Å². The fraction of sp³-hybridized carbons (Fsp3) is 0.250. The summed E-state index contributed by atoms with van der Waals surface area (Å²) in [5, 5.41) is 10.8. The van der Waals surface area contributed by atoms with Gasteiger partial charge in [0.15, 0.2) is 0 Å². The summed E-state index contributed by atoms with van der Waals surface area (Å²) in [4.78, 5) is 48.3. The van der Waals surface area contributed by atoms with E-state index in [0.717, 1.165) is 18.2 Å². The number of nitro groups is 1. The lowest BCUT2D eigenvalue weighted by atomic mass is 9.95. The van der Waals surface area contributed by atoms with Crippen molar-refractivity contribution in [2.45, 2.75) is 12.8 Å². The van der Waals surface area contributed by atoms with E-state index in [1.807, 2.05) is 0 Å². The minimum absolute atomic E-state index is 0.0104. The van der Waals surface area contributed by atoms with E-state index < -0.39 is 40.2 Å². The molecule has 1 heterocycles. The number of piperidine rings is 1. The normalized spacial score (nSPS) is 14.1. The van der Waals surface area contributed by atoms with Gasteiger partial charge < -0.3 is 4.90 Å². The first kappa shape index (κ1) is 21.8. The van der Waals surface area contributed by atoms with Crippen molar-refractivity contribution in [2.75, 3.05) is 13.1 Å². The molecule has 2 aromatic rings. The summed E-state index contributed by atoms with van der Waals surface area (Å²) in [6.07, 6.45) is 0.570. The highest BCUT2D eigenvalue weighted by Gasteiger charge is 2.29. The lowest BCUT2D eigenvalue weighted by Crippen LogP contribution is -2.48. The Morgan fingerprint density at radius 1 is 1.03 bits per heavy atom. The van der Waals surface area contributed by atoms with Crippen molar-refractivity contribution >= 4 is 23.4 Å². The highest BCUT2D eigenvalue weighted by atomic mass is 19.1. The maximum atomic E-state index is 13.8. The van der Waals surface area contributed by atoms with Gasteiger partial charge in [0.05, 0.1) is 10.5 Å². The molecule has 0 bridgehead atoms. The first-order valence-electron chi connectivity index (χ1n) is 9.35. The first-order chi connectivity index (χ1) is 14.8. The number of hydrazine groups is 1. The number of carbonyl (C=O) groups is 3. The van der Waals surface area contributed by atoms with Crippen molar-refractivity contribution < 1.29 is 28.1 Å². The number of nitrogens with one attached hydrogen (secondary N) is 2. The molecule has 2 N–H and O–H groups in total. The van der Waals surface area contributed by atoms with Gasteiger partial charge in [-0.15, -0.1) is 0 Å². The van der Waals surface area contributed by atoms with Crippen molar-refractivity contribution in [1.29, 1.82) is 0 Å². The van der Waals surface area contributed by atoms with Gasteiger partial charge in [-0.1, -0.05) is 6.07 Å². The zero-order valence-corrected chi connectivity index (χ0v) is 16.1. The number of halogens is 2. The van der Waals surface area contributed by atoms with Gasteiger partial charge in [0.2, 0.25) is 5.91 Å². The molecule has 1 aliphatic heterocycles. The van der Waals surface area contributed by atoms with Gasteiger partial charge in [-0.25, -0.2) is 8.78 Å². The summed E-state index contributed by atoms with van der Waals surface area (Å²) < 4.78 is 26.8. The highest BCUT2D eigenvalue weighted by Crippen LogP contribution is 2.21. The molecule has 0 atom stereocenters. The van der Waals surface area contributed by atoms with E-state index in [4.69, 9.17) is 0 Å². The number of non-ortho nitro benzene ring substituents is 1. The van der Waals surface area contributed by atoms with E-state index in [2.05, 4.69) is 10.9 Å². The Labute approximate surface area is 175 Å². The molecule has 2 aromatic carbocycles. The van der Waals surface area contributed by atoms with Gasteiger partial charge in [-0.3, -0.25) is 35.3 Å². The molecule has 11 heteroatoms. The van der Waals surface area contributed by atoms with E-state index in [9.17, 15) is 33.3 Å². The number of amides is 3. The summed E-state index contributed by atoms with van der Waals surface area (Å²) in [5.74, 6) is -4.00. The quantitative estimate of drug-likeness (QED) is 0.567. The number of likely N-dealkylation sites (tertiary alicyclic amines) is 1. The van der Waals surface area contributed by atoms with E-state index in [1.54, 1.807) is 0 Å². The Morgan fingerprint density at radius 2 is 1.74 bits per heavy atom. The van der Waals surface area contributed by atoms with Gasteiger partial charge >= 0.3 is 0 Å². The van der Waals surface area contributed by atoms with Gasteiger partial charge in [-0.2, -0.15) is 0 Å². The second-order valence-corrected chi connectivity index (χ2v) is 6.94. The fourth-order valence-electron chi connectivity index (χ4n) is 3.23. The lowest BCUT2D eigenvalue weighted by Gasteiger charge is -2.31. The molecule has 162 valence electrons. The Hall–Kier alpha value is -3.89. The summed E-state index contributed by atoms with van der Waals surface area (Å²) in [7, 11) is 0. The molecule has 31 heavy (non-hydrogen) atoms. The zero-order valence-electron chi connectivity index (χ0n) is 16.1. The monoisotopic (exact) mass is 432 g/mol. The SMILES string of the molecule is O=C(NNC(=O)C1CCN(C(=O)c2ccc(F)cc2F)CC1)c1cccc([N+](=O)[O-])c1. The molecule has 3 amide bonds. The molecule has 0 unspecified atom stereocenters. The Morgan fingerprint density at radius 3 is 2.39 bits per heavy atom. The standard InChI is InChI=1S/C20H18F2N4O5/c21-14-4-5-16(17(22)11-14)20(29)25-8-6-12(7-9-25)18(27)23-24-19(28)13-2-1-3-15(10-13)26(30)31/h1-5,10-12H,6-9H2,(H,23,27)(H,24,28). The van der Waals surface area contributed by atoms with Crippen LogP contribution in [0, 0.1) is 27.7 Å². The highest BCUT2D eigenvalue weighted by molar-refractivity contribution is 5.96. The second-order valence-electron chi connectivity index (χ2n) is 6.94. The van der Waals surface area contributed by atoms with E-state index in [0.29, 0.717) is 6.07 Å². The number of hydrogen-bond acceptors (Lipinski definition) is 5. The Balaban J connectivity index is 1.51. The number of benzene rings is 2. The molecule has 1 fully saturated rings. The van der Waals surface area contributed by atoms with Gasteiger partial charge in [0.25, 0.3) is 17.5 Å². The number of hydrogen-bond donors (Lipinski definition) is 2. The van der Waals surface area contributed by atoms with Crippen LogP contribution in [0.5, 0.6) is 0 Å². The topological polar surface area (TPSA) is 122 Å². The smallest absolute Gasteiger partial charge is 0.270 e. The summed E-state index contributed by atoms with van der Waals surface area (Å²) in [6.45, 7) is 0.374. The summed E-state index contributed by atoms with van der Waals surface area (Å²) >= 11 is 0. The third kappa shape index (κ3) is 5.18. The van der Waals surface area contributed by atoms with Crippen LogP contribution in [-0.2, 0) is 4.79 Å². The van der Waals surface area contributed by atoms with Crippen LogP contribution in [0.15, 0.2) is 42.5 Å². The maximum Gasteiger partial charge on any atom is 0.270 e. The molecule has 0 radical (unpaired) electrons. The molecule has 0 aromatic heterocycles. The van der Waals surface area contributed by atoms with Gasteiger partial charge in [-0.05, 0) is 31.0 Å². The molecule has 3 rings (SSSR count). The van der Waals surface area contributed by atoms with E-state index in [1.165, 1.54) is 23.1 Å². The first-order valence-corrected chi connectivity index (χ1v) is 9.35. The fourth-order valence-corrected chi connectivity index (χ4v) is 3.23.